The van der Waals surface area contributed by atoms with Gasteiger partial charge in [0.1, 0.15) is 5.75 Å². The van der Waals surface area contributed by atoms with Crippen LogP contribution in [-0.2, 0) is 0 Å². The lowest BCUT2D eigenvalue weighted by molar-refractivity contribution is 0.128. The molecule has 4 nitrogen and oxygen atoms in total. The Balaban J connectivity index is 1.47. The van der Waals surface area contributed by atoms with E-state index in [4.69, 9.17) is 33.2 Å². The second kappa shape index (κ2) is 10.1. The zero-order valence-corrected chi connectivity index (χ0v) is 18.9. The van der Waals surface area contributed by atoms with E-state index in [1.165, 1.54) is 11.1 Å². The van der Waals surface area contributed by atoms with Gasteiger partial charge in [0.05, 0.1) is 11.6 Å². The predicted molar refractivity (Wildman–Crippen MR) is 126 cm³/mol. The van der Waals surface area contributed by atoms with E-state index in [1.807, 2.05) is 24.3 Å². The molecule has 1 fully saturated rings. The predicted octanol–water partition coefficient (Wildman–Crippen LogP) is 6.91. The van der Waals surface area contributed by atoms with E-state index in [0.717, 1.165) is 12.8 Å². The Labute approximate surface area is 197 Å². The van der Waals surface area contributed by atoms with Gasteiger partial charge in [0.25, 0.3) is 0 Å². The number of hydrogen-bond acceptors (Lipinski definition) is 3. The summed E-state index contributed by atoms with van der Waals surface area (Å²) >= 11 is 12.2. The molecule has 0 aliphatic carbocycles. The molecule has 3 aromatic rings. The van der Waals surface area contributed by atoms with Gasteiger partial charge >= 0.3 is 6.09 Å². The Morgan fingerprint density at radius 2 is 1.50 bits per heavy atom. The summed E-state index contributed by atoms with van der Waals surface area (Å²) in [6.45, 7) is 1.22. The molecule has 6 heteroatoms. The van der Waals surface area contributed by atoms with Crippen LogP contribution < -0.4 is 4.74 Å². The Kier molecular flexibility index (Phi) is 6.99. The van der Waals surface area contributed by atoms with E-state index in [9.17, 15) is 4.79 Å². The summed E-state index contributed by atoms with van der Waals surface area (Å²) in [6.07, 6.45) is 1.32. The van der Waals surface area contributed by atoms with E-state index in [1.54, 1.807) is 29.2 Å². The summed E-state index contributed by atoms with van der Waals surface area (Å²) in [5.41, 5.74) is 2.86. The van der Waals surface area contributed by atoms with Crippen molar-refractivity contribution in [2.75, 3.05) is 13.1 Å². The summed E-state index contributed by atoms with van der Waals surface area (Å²) in [7, 11) is 0. The highest BCUT2D eigenvalue weighted by molar-refractivity contribution is 6.30. The molecule has 0 aromatic heterocycles. The molecular weight excluding hydrogens is 443 g/mol. The first-order chi connectivity index (χ1) is 15.5. The van der Waals surface area contributed by atoms with Gasteiger partial charge in [0.15, 0.2) is 0 Å². The molecule has 1 amide bonds. The maximum atomic E-state index is 12.7. The molecule has 0 spiro atoms. The van der Waals surface area contributed by atoms with Crippen LogP contribution in [0, 0.1) is 17.2 Å². The van der Waals surface area contributed by atoms with Crippen LogP contribution in [0.15, 0.2) is 72.8 Å². The highest BCUT2D eigenvalue weighted by atomic mass is 35.5. The number of amides is 1. The van der Waals surface area contributed by atoms with Crippen LogP contribution in [0.5, 0.6) is 5.75 Å². The standard InChI is InChI=1S/C26H22Cl2N2O2/c27-22-8-4-19(5-9-22)25(20-6-10-23(28)11-7-20)21-12-14-30(15-13-21)26(31)32-24-3-1-2-18(16-24)17-29/h1-11,16,21,25H,12-15H2. The fourth-order valence-corrected chi connectivity index (χ4v) is 4.54. The first-order valence-corrected chi connectivity index (χ1v) is 11.3. The molecule has 4 rings (SSSR count). The normalized spacial score (nSPS) is 14.2. The number of hydrogen-bond donors (Lipinski definition) is 0. The molecule has 0 radical (unpaired) electrons. The lowest BCUT2D eigenvalue weighted by Gasteiger charge is -2.36. The molecule has 0 saturated carbocycles. The van der Waals surface area contributed by atoms with Crippen molar-refractivity contribution in [1.29, 1.82) is 5.26 Å². The average Bonchev–Trinajstić information content (AvgIpc) is 2.82. The number of carbonyl (C=O) groups is 1. The van der Waals surface area contributed by atoms with Gasteiger partial charge in [-0.25, -0.2) is 4.79 Å². The van der Waals surface area contributed by atoms with Gasteiger partial charge < -0.3 is 9.64 Å². The van der Waals surface area contributed by atoms with Crippen LogP contribution in [0.1, 0.15) is 35.4 Å². The van der Waals surface area contributed by atoms with Crippen molar-refractivity contribution < 1.29 is 9.53 Å². The lowest BCUT2D eigenvalue weighted by Crippen LogP contribution is -2.41. The van der Waals surface area contributed by atoms with Crippen LogP contribution in [0.25, 0.3) is 0 Å². The fourth-order valence-electron chi connectivity index (χ4n) is 4.29. The molecule has 0 atom stereocenters. The fraction of sp³-hybridized carbons (Fsp3) is 0.231. The van der Waals surface area contributed by atoms with Gasteiger partial charge in [-0.1, -0.05) is 53.5 Å². The topological polar surface area (TPSA) is 53.3 Å². The first kappa shape index (κ1) is 22.2. The highest BCUT2D eigenvalue weighted by Crippen LogP contribution is 2.39. The molecule has 0 bridgehead atoms. The van der Waals surface area contributed by atoms with Gasteiger partial charge in [-0.05, 0) is 72.4 Å². The molecule has 1 heterocycles. The number of carbonyl (C=O) groups excluding carboxylic acids is 1. The summed E-state index contributed by atoms with van der Waals surface area (Å²) in [5, 5.41) is 10.4. The maximum Gasteiger partial charge on any atom is 0.415 e. The van der Waals surface area contributed by atoms with Gasteiger partial charge in [-0.3, -0.25) is 0 Å². The quantitative estimate of drug-likeness (QED) is 0.421. The smallest absolute Gasteiger partial charge is 0.410 e. The number of likely N-dealkylation sites (tertiary alicyclic amines) is 1. The first-order valence-electron chi connectivity index (χ1n) is 10.5. The number of ether oxygens (including phenoxy) is 1. The molecule has 0 unspecified atom stereocenters. The van der Waals surface area contributed by atoms with Crippen LogP contribution in [0.3, 0.4) is 0 Å². The molecule has 3 aromatic carbocycles. The van der Waals surface area contributed by atoms with Crippen molar-refractivity contribution in [1.82, 2.24) is 4.90 Å². The summed E-state index contributed by atoms with van der Waals surface area (Å²) < 4.78 is 5.49. The largest absolute Gasteiger partial charge is 0.415 e. The maximum absolute atomic E-state index is 12.7. The third kappa shape index (κ3) is 5.24. The van der Waals surface area contributed by atoms with Gasteiger partial charge in [0, 0.05) is 29.1 Å². The Bertz CT molecular complexity index is 1070. The van der Waals surface area contributed by atoms with E-state index in [-0.39, 0.29) is 12.0 Å². The second-order valence-electron chi connectivity index (χ2n) is 7.91. The van der Waals surface area contributed by atoms with E-state index in [2.05, 4.69) is 30.3 Å². The Hall–Kier alpha value is -3.00. The minimum atomic E-state index is -0.381. The monoisotopic (exact) mass is 464 g/mol. The van der Waals surface area contributed by atoms with E-state index >= 15 is 0 Å². The summed E-state index contributed by atoms with van der Waals surface area (Å²) in [6, 6.07) is 24.7. The van der Waals surface area contributed by atoms with Crippen LogP contribution >= 0.6 is 23.2 Å². The molecule has 1 saturated heterocycles. The van der Waals surface area contributed by atoms with Crippen LogP contribution in [-0.4, -0.2) is 24.1 Å². The molecule has 32 heavy (non-hydrogen) atoms. The molecule has 1 aliphatic heterocycles. The van der Waals surface area contributed by atoms with Crippen molar-refractivity contribution in [3.63, 3.8) is 0 Å². The molecule has 0 N–H and O–H groups in total. The Morgan fingerprint density at radius 1 is 0.938 bits per heavy atom. The SMILES string of the molecule is N#Cc1cccc(OC(=O)N2CCC(C(c3ccc(Cl)cc3)c3ccc(Cl)cc3)CC2)c1. The molecular formula is C26H22Cl2N2O2. The van der Waals surface area contributed by atoms with Crippen molar-refractivity contribution in [2.45, 2.75) is 18.8 Å². The van der Waals surface area contributed by atoms with Crippen LogP contribution in [0.4, 0.5) is 4.79 Å². The highest BCUT2D eigenvalue weighted by Gasteiger charge is 2.31. The van der Waals surface area contributed by atoms with Crippen molar-refractivity contribution in [3.05, 3.63) is 99.5 Å². The zero-order chi connectivity index (χ0) is 22.5. The summed E-state index contributed by atoms with van der Waals surface area (Å²) in [4.78, 5) is 14.4. The van der Waals surface area contributed by atoms with Gasteiger partial charge in [-0.2, -0.15) is 5.26 Å². The minimum absolute atomic E-state index is 0.190. The third-order valence-corrected chi connectivity index (χ3v) is 6.40. The number of rotatable bonds is 4. The summed E-state index contributed by atoms with van der Waals surface area (Å²) in [5.74, 6) is 0.940. The van der Waals surface area contributed by atoms with Crippen molar-refractivity contribution >= 4 is 29.3 Å². The second-order valence-corrected chi connectivity index (χ2v) is 8.79. The van der Waals surface area contributed by atoms with Crippen molar-refractivity contribution in [2.24, 2.45) is 5.92 Å². The molecule has 1 aliphatic rings. The zero-order valence-electron chi connectivity index (χ0n) is 17.4. The number of benzene rings is 3. The van der Waals surface area contributed by atoms with Crippen LogP contribution in [0.2, 0.25) is 10.0 Å². The van der Waals surface area contributed by atoms with Crippen molar-refractivity contribution in [3.8, 4) is 11.8 Å². The number of nitriles is 1. The minimum Gasteiger partial charge on any atom is -0.410 e. The number of nitrogens with zero attached hydrogens (tertiary/aromatic N) is 2. The van der Waals surface area contributed by atoms with Gasteiger partial charge in [-0.15, -0.1) is 0 Å². The number of halogens is 2. The van der Waals surface area contributed by atoms with E-state index < -0.39 is 0 Å². The number of piperidine rings is 1. The third-order valence-electron chi connectivity index (χ3n) is 5.90. The Morgan fingerprint density at radius 3 is 2.03 bits per heavy atom. The van der Waals surface area contributed by atoms with Gasteiger partial charge in [0.2, 0.25) is 0 Å². The average molecular weight is 465 g/mol. The molecule has 162 valence electrons. The lowest BCUT2D eigenvalue weighted by atomic mass is 9.76. The van der Waals surface area contributed by atoms with E-state index in [0.29, 0.717) is 40.4 Å².